The van der Waals surface area contributed by atoms with Gasteiger partial charge in [-0.15, -0.1) is 0 Å². The maximum absolute atomic E-state index is 4.08. The number of aromatic nitrogens is 2. The van der Waals surface area contributed by atoms with Gasteiger partial charge in [-0.25, -0.2) is 15.4 Å². The van der Waals surface area contributed by atoms with Crippen LogP contribution in [0, 0.1) is 0 Å². The molecule has 1 aliphatic heterocycles. The monoisotopic (exact) mass is 148 g/mol. The molecule has 1 aromatic heterocycles. The zero-order valence-corrected chi connectivity index (χ0v) is 5.91. The van der Waals surface area contributed by atoms with E-state index >= 15 is 0 Å². The minimum absolute atomic E-state index is 0.847. The van der Waals surface area contributed by atoms with Crippen molar-refractivity contribution in [1.82, 2.24) is 20.8 Å². The van der Waals surface area contributed by atoms with Crippen LogP contribution in [0.2, 0.25) is 0 Å². The SMILES string of the molecule is C1=C(c2ccncn2)NNC1. The maximum Gasteiger partial charge on any atom is 0.116 e. The molecule has 0 radical (unpaired) electrons. The molecule has 0 fully saturated rings. The summed E-state index contributed by atoms with van der Waals surface area (Å²) in [6, 6.07) is 1.87. The third kappa shape index (κ3) is 1.20. The van der Waals surface area contributed by atoms with Crippen molar-refractivity contribution in [2.24, 2.45) is 0 Å². The number of rotatable bonds is 1. The van der Waals surface area contributed by atoms with Gasteiger partial charge in [0.15, 0.2) is 0 Å². The Morgan fingerprint density at radius 2 is 2.45 bits per heavy atom. The summed E-state index contributed by atoms with van der Waals surface area (Å²) in [7, 11) is 0. The molecule has 0 spiro atoms. The number of hydrogen-bond donors (Lipinski definition) is 2. The first-order valence-corrected chi connectivity index (χ1v) is 3.42. The largest absolute Gasteiger partial charge is 0.319 e. The van der Waals surface area contributed by atoms with Crippen LogP contribution in [0.15, 0.2) is 24.7 Å². The number of nitrogens with zero attached hydrogens (tertiary/aromatic N) is 2. The molecule has 0 bridgehead atoms. The lowest BCUT2D eigenvalue weighted by Gasteiger charge is -2.00. The van der Waals surface area contributed by atoms with Gasteiger partial charge in [0.1, 0.15) is 6.33 Å². The van der Waals surface area contributed by atoms with Gasteiger partial charge in [0.25, 0.3) is 0 Å². The van der Waals surface area contributed by atoms with Gasteiger partial charge in [-0.3, -0.25) is 0 Å². The Hall–Kier alpha value is -1.42. The molecule has 1 aliphatic rings. The lowest BCUT2D eigenvalue weighted by atomic mass is 10.3. The molecule has 0 aromatic carbocycles. The molecular weight excluding hydrogens is 140 g/mol. The molecular formula is C7H8N4. The van der Waals surface area contributed by atoms with E-state index in [-0.39, 0.29) is 0 Å². The van der Waals surface area contributed by atoms with Crippen LogP contribution in [-0.4, -0.2) is 16.5 Å². The second kappa shape index (κ2) is 2.67. The average molecular weight is 148 g/mol. The van der Waals surface area contributed by atoms with Gasteiger partial charge < -0.3 is 5.43 Å². The first kappa shape index (κ1) is 6.30. The molecule has 2 N–H and O–H groups in total. The molecule has 1 aromatic rings. The molecule has 0 aliphatic carbocycles. The summed E-state index contributed by atoms with van der Waals surface area (Å²) < 4.78 is 0. The second-order valence-corrected chi connectivity index (χ2v) is 2.22. The standard InChI is InChI=1S/C7H8N4/c1-3-8-5-9-6(1)7-2-4-10-11-7/h1-3,5,10-11H,4H2. The minimum atomic E-state index is 0.847. The van der Waals surface area contributed by atoms with E-state index in [1.807, 2.05) is 12.1 Å². The van der Waals surface area contributed by atoms with Crippen LogP contribution < -0.4 is 10.9 Å². The predicted octanol–water partition coefficient (Wildman–Crippen LogP) is -0.0747. The molecule has 2 heterocycles. The van der Waals surface area contributed by atoms with Gasteiger partial charge in [0.2, 0.25) is 0 Å². The highest BCUT2D eigenvalue weighted by Crippen LogP contribution is 2.06. The Bertz CT molecular complexity index is 267. The molecule has 4 heteroatoms. The van der Waals surface area contributed by atoms with E-state index in [0.29, 0.717) is 0 Å². The topological polar surface area (TPSA) is 49.8 Å². The van der Waals surface area contributed by atoms with Gasteiger partial charge in [-0.1, -0.05) is 0 Å². The van der Waals surface area contributed by atoms with Crippen LogP contribution in [0.1, 0.15) is 5.69 Å². The van der Waals surface area contributed by atoms with Crippen LogP contribution in [0.4, 0.5) is 0 Å². The van der Waals surface area contributed by atoms with E-state index < -0.39 is 0 Å². The van der Waals surface area contributed by atoms with Gasteiger partial charge in [-0.05, 0) is 12.1 Å². The summed E-state index contributed by atoms with van der Waals surface area (Å²) in [5.41, 5.74) is 7.90. The highest BCUT2D eigenvalue weighted by atomic mass is 15.4. The van der Waals surface area contributed by atoms with Gasteiger partial charge in [0.05, 0.1) is 11.4 Å². The summed E-state index contributed by atoms with van der Waals surface area (Å²) in [5, 5.41) is 0. The van der Waals surface area contributed by atoms with Gasteiger partial charge in [0, 0.05) is 12.7 Å². The Morgan fingerprint density at radius 1 is 1.45 bits per heavy atom. The van der Waals surface area contributed by atoms with Crippen molar-refractivity contribution in [2.75, 3.05) is 6.54 Å². The first-order chi connectivity index (χ1) is 5.47. The van der Waals surface area contributed by atoms with Gasteiger partial charge in [-0.2, -0.15) is 0 Å². The van der Waals surface area contributed by atoms with E-state index in [1.54, 1.807) is 6.20 Å². The lowest BCUT2D eigenvalue weighted by Crippen LogP contribution is -2.23. The second-order valence-electron chi connectivity index (χ2n) is 2.22. The van der Waals surface area contributed by atoms with Crippen molar-refractivity contribution in [1.29, 1.82) is 0 Å². The van der Waals surface area contributed by atoms with Crippen LogP contribution in [0.3, 0.4) is 0 Å². The number of hydrogen-bond acceptors (Lipinski definition) is 4. The van der Waals surface area contributed by atoms with E-state index in [0.717, 1.165) is 17.9 Å². The fourth-order valence-electron chi connectivity index (χ4n) is 0.969. The fraction of sp³-hybridized carbons (Fsp3) is 0.143. The molecule has 2 rings (SSSR count). The molecule has 0 saturated carbocycles. The molecule has 56 valence electrons. The third-order valence-corrected chi connectivity index (χ3v) is 1.49. The molecule has 0 amide bonds. The normalized spacial score (nSPS) is 15.8. The van der Waals surface area contributed by atoms with Crippen molar-refractivity contribution in [2.45, 2.75) is 0 Å². The smallest absolute Gasteiger partial charge is 0.116 e. The van der Waals surface area contributed by atoms with Crippen molar-refractivity contribution in [3.8, 4) is 0 Å². The Balaban J connectivity index is 2.29. The summed E-state index contributed by atoms with van der Waals surface area (Å²) in [6.45, 7) is 0.847. The van der Waals surface area contributed by atoms with E-state index in [1.165, 1.54) is 6.33 Å². The summed E-state index contributed by atoms with van der Waals surface area (Å²) in [6.07, 6.45) is 5.31. The van der Waals surface area contributed by atoms with Crippen LogP contribution in [0.5, 0.6) is 0 Å². The van der Waals surface area contributed by atoms with Crippen molar-refractivity contribution in [3.63, 3.8) is 0 Å². The summed E-state index contributed by atoms with van der Waals surface area (Å²) in [5.74, 6) is 0. The highest BCUT2D eigenvalue weighted by molar-refractivity contribution is 5.61. The first-order valence-electron chi connectivity index (χ1n) is 3.42. The molecule has 0 saturated heterocycles. The van der Waals surface area contributed by atoms with Crippen LogP contribution >= 0.6 is 0 Å². The lowest BCUT2D eigenvalue weighted by molar-refractivity contribution is 0.736. The number of nitrogens with one attached hydrogen (secondary N) is 2. The average Bonchev–Trinajstić information content (AvgIpc) is 2.58. The molecule has 4 nitrogen and oxygen atoms in total. The van der Waals surface area contributed by atoms with E-state index in [4.69, 9.17) is 0 Å². The minimum Gasteiger partial charge on any atom is -0.319 e. The number of hydrazine groups is 1. The van der Waals surface area contributed by atoms with E-state index in [9.17, 15) is 0 Å². The highest BCUT2D eigenvalue weighted by Gasteiger charge is 2.04. The fourth-order valence-corrected chi connectivity index (χ4v) is 0.969. The van der Waals surface area contributed by atoms with E-state index in [2.05, 4.69) is 20.8 Å². The molecule has 0 atom stereocenters. The third-order valence-electron chi connectivity index (χ3n) is 1.49. The van der Waals surface area contributed by atoms with Gasteiger partial charge >= 0.3 is 0 Å². The predicted molar refractivity (Wildman–Crippen MR) is 41.1 cm³/mol. The van der Waals surface area contributed by atoms with Crippen LogP contribution in [0.25, 0.3) is 5.70 Å². The van der Waals surface area contributed by atoms with Crippen molar-refractivity contribution < 1.29 is 0 Å². The summed E-state index contributed by atoms with van der Waals surface area (Å²) >= 11 is 0. The zero-order valence-electron chi connectivity index (χ0n) is 5.91. The molecule has 0 unspecified atom stereocenters. The Labute approximate surface area is 64.3 Å². The Kier molecular flexibility index (Phi) is 1.53. The van der Waals surface area contributed by atoms with Crippen molar-refractivity contribution >= 4 is 5.70 Å². The van der Waals surface area contributed by atoms with Crippen LogP contribution in [-0.2, 0) is 0 Å². The zero-order chi connectivity index (χ0) is 7.52. The summed E-state index contributed by atoms with van der Waals surface area (Å²) in [4.78, 5) is 7.91. The quantitative estimate of drug-likeness (QED) is 0.585. The van der Waals surface area contributed by atoms with Crippen molar-refractivity contribution in [3.05, 3.63) is 30.4 Å². The molecule has 11 heavy (non-hydrogen) atoms. The maximum atomic E-state index is 4.08. The Morgan fingerprint density at radius 3 is 3.09 bits per heavy atom.